The lowest BCUT2D eigenvalue weighted by atomic mass is 10.1. The molecule has 0 bridgehead atoms. The van der Waals surface area contributed by atoms with E-state index in [2.05, 4.69) is 5.32 Å². The molecule has 0 aromatic heterocycles. The number of aromatic carboxylic acids is 1. The van der Waals surface area contributed by atoms with E-state index in [4.69, 9.17) is 21.8 Å². The number of anilines is 1. The molecule has 2 aromatic carbocycles. The zero-order valence-electron chi connectivity index (χ0n) is 10.8. The van der Waals surface area contributed by atoms with Crippen LogP contribution in [0.1, 0.15) is 26.3 Å². The SMILES string of the molecule is O=C(Nc1ccc(Cl)c(C(=O)O)c1)c1ccc(CO)cc1. The molecule has 2 rings (SSSR count). The number of benzene rings is 2. The summed E-state index contributed by atoms with van der Waals surface area (Å²) in [6, 6.07) is 10.7. The molecule has 0 spiro atoms. The Balaban J connectivity index is 2.19. The third-order valence-electron chi connectivity index (χ3n) is 2.85. The first kappa shape index (κ1) is 15.0. The van der Waals surface area contributed by atoms with Crippen LogP contribution in [0.2, 0.25) is 5.02 Å². The van der Waals surface area contributed by atoms with Gasteiger partial charge < -0.3 is 15.5 Å². The molecule has 3 N–H and O–H groups in total. The largest absolute Gasteiger partial charge is 0.478 e. The molecule has 0 atom stereocenters. The number of hydrogen-bond acceptors (Lipinski definition) is 3. The van der Waals surface area contributed by atoms with Gasteiger partial charge in [-0.1, -0.05) is 23.7 Å². The van der Waals surface area contributed by atoms with Crippen molar-refractivity contribution in [2.75, 3.05) is 5.32 Å². The number of halogens is 1. The smallest absolute Gasteiger partial charge is 0.337 e. The van der Waals surface area contributed by atoms with Crippen molar-refractivity contribution in [1.82, 2.24) is 0 Å². The Morgan fingerprint density at radius 2 is 1.76 bits per heavy atom. The van der Waals surface area contributed by atoms with E-state index in [1.165, 1.54) is 18.2 Å². The van der Waals surface area contributed by atoms with Crippen LogP contribution in [-0.2, 0) is 6.61 Å². The second-order valence-corrected chi connectivity index (χ2v) is 4.72. The van der Waals surface area contributed by atoms with Crippen molar-refractivity contribution >= 4 is 29.2 Å². The summed E-state index contributed by atoms with van der Waals surface area (Å²) in [6.07, 6.45) is 0. The predicted octanol–water partition coefficient (Wildman–Crippen LogP) is 2.78. The Morgan fingerprint density at radius 1 is 1.10 bits per heavy atom. The summed E-state index contributed by atoms with van der Waals surface area (Å²) in [5.41, 5.74) is 1.36. The fourth-order valence-electron chi connectivity index (χ4n) is 1.73. The van der Waals surface area contributed by atoms with Gasteiger partial charge in [0.05, 0.1) is 17.2 Å². The third kappa shape index (κ3) is 3.59. The van der Waals surface area contributed by atoms with E-state index >= 15 is 0 Å². The number of carboxylic acid groups (broad SMARTS) is 1. The minimum atomic E-state index is -1.16. The van der Waals surface area contributed by atoms with Gasteiger partial charge in [0, 0.05) is 11.3 Å². The molecule has 0 fully saturated rings. The molecule has 0 aliphatic heterocycles. The van der Waals surface area contributed by atoms with Gasteiger partial charge in [0.1, 0.15) is 0 Å². The highest BCUT2D eigenvalue weighted by molar-refractivity contribution is 6.33. The number of hydrogen-bond donors (Lipinski definition) is 3. The van der Waals surface area contributed by atoms with Crippen LogP contribution >= 0.6 is 11.6 Å². The van der Waals surface area contributed by atoms with Crippen LogP contribution in [0.25, 0.3) is 0 Å². The molecule has 1 amide bonds. The number of carbonyl (C=O) groups is 2. The van der Waals surface area contributed by atoms with Crippen LogP contribution in [0.15, 0.2) is 42.5 Å². The van der Waals surface area contributed by atoms with Crippen LogP contribution < -0.4 is 5.32 Å². The molecule has 0 heterocycles. The molecule has 0 unspecified atom stereocenters. The summed E-state index contributed by atoms with van der Waals surface area (Å²) < 4.78 is 0. The second-order valence-electron chi connectivity index (χ2n) is 4.31. The van der Waals surface area contributed by atoms with Gasteiger partial charge in [0.2, 0.25) is 0 Å². The Kier molecular flexibility index (Phi) is 4.57. The standard InChI is InChI=1S/C15H12ClNO4/c16-13-6-5-11(7-12(13)15(20)21)17-14(19)10-3-1-9(8-18)2-4-10/h1-7,18H,8H2,(H,17,19)(H,20,21). The van der Waals surface area contributed by atoms with Gasteiger partial charge in [-0.15, -0.1) is 0 Å². The zero-order valence-corrected chi connectivity index (χ0v) is 11.6. The summed E-state index contributed by atoms with van der Waals surface area (Å²) >= 11 is 5.76. The molecule has 0 radical (unpaired) electrons. The van der Waals surface area contributed by atoms with Crippen molar-refractivity contribution in [3.63, 3.8) is 0 Å². The first-order chi connectivity index (χ1) is 10.0. The van der Waals surface area contributed by atoms with Gasteiger partial charge in [-0.3, -0.25) is 4.79 Å². The van der Waals surface area contributed by atoms with Gasteiger partial charge in [0.25, 0.3) is 5.91 Å². The number of amides is 1. The minimum absolute atomic E-state index is 0.0786. The average Bonchev–Trinajstić information content (AvgIpc) is 2.49. The summed E-state index contributed by atoms with van der Waals surface area (Å²) in [6.45, 7) is -0.0962. The lowest BCUT2D eigenvalue weighted by Gasteiger charge is -2.07. The molecule has 0 aliphatic rings. The predicted molar refractivity (Wildman–Crippen MR) is 78.7 cm³/mol. The van der Waals surface area contributed by atoms with Crippen molar-refractivity contribution in [2.24, 2.45) is 0 Å². The molecule has 5 nitrogen and oxygen atoms in total. The summed E-state index contributed by atoms with van der Waals surface area (Å²) in [7, 11) is 0. The van der Waals surface area contributed by atoms with Crippen molar-refractivity contribution in [2.45, 2.75) is 6.61 Å². The quantitative estimate of drug-likeness (QED) is 0.810. The molecule has 21 heavy (non-hydrogen) atoms. The van der Waals surface area contributed by atoms with Crippen LogP contribution in [0.3, 0.4) is 0 Å². The molecule has 6 heteroatoms. The Bertz CT molecular complexity index is 683. The number of aliphatic hydroxyl groups excluding tert-OH is 1. The summed E-state index contributed by atoms with van der Waals surface area (Å²) in [4.78, 5) is 23.0. The molecule has 0 saturated heterocycles. The van der Waals surface area contributed by atoms with E-state index in [1.54, 1.807) is 24.3 Å². The van der Waals surface area contributed by atoms with Crippen molar-refractivity contribution in [3.8, 4) is 0 Å². The van der Waals surface area contributed by atoms with Gasteiger partial charge in [-0.2, -0.15) is 0 Å². The lowest BCUT2D eigenvalue weighted by Crippen LogP contribution is -2.12. The van der Waals surface area contributed by atoms with Gasteiger partial charge in [0.15, 0.2) is 0 Å². The van der Waals surface area contributed by atoms with E-state index in [0.29, 0.717) is 16.8 Å². The number of carbonyl (C=O) groups excluding carboxylic acids is 1. The van der Waals surface area contributed by atoms with E-state index in [9.17, 15) is 9.59 Å². The molecular weight excluding hydrogens is 294 g/mol. The number of carboxylic acids is 1. The molecule has 108 valence electrons. The maximum absolute atomic E-state index is 12.0. The maximum Gasteiger partial charge on any atom is 0.337 e. The zero-order chi connectivity index (χ0) is 15.4. The molecule has 2 aromatic rings. The van der Waals surface area contributed by atoms with E-state index in [0.717, 1.165) is 0 Å². The van der Waals surface area contributed by atoms with E-state index in [1.807, 2.05) is 0 Å². The normalized spacial score (nSPS) is 10.2. The third-order valence-corrected chi connectivity index (χ3v) is 3.18. The fraction of sp³-hybridized carbons (Fsp3) is 0.0667. The lowest BCUT2D eigenvalue weighted by molar-refractivity contribution is 0.0696. The monoisotopic (exact) mass is 305 g/mol. The topological polar surface area (TPSA) is 86.6 Å². The van der Waals surface area contributed by atoms with Crippen molar-refractivity contribution in [1.29, 1.82) is 0 Å². The highest BCUT2D eigenvalue weighted by Gasteiger charge is 2.11. The first-order valence-corrected chi connectivity index (χ1v) is 6.43. The van der Waals surface area contributed by atoms with Crippen LogP contribution in [-0.4, -0.2) is 22.1 Å². The fourth-order valence-corrected chi connectivity index (χ4v) is 1.93. The Labute approximate surface area is 125 Å². The van der Waals surface area contributed by atoms with Crippen LogP contribution in [0, 0.1) is 0 Å². The second kappa shape index (κ2) is 6.39. The first-order valence-electron chi connectivity index (χ1n) is 6.05. The highest BCUT2D eigenvalue weighted by atomic mass is 35.5. The van der Waals surface area contributed by atoms with Crippen LogP contribution in [0.4, 0.5) is 5.69 Å². The molecular formula is C15H12ClNO4. The van der Waals surface area contributed by atoms with E-state index < -0.39 is 5.97 Å². The number of nitrogens with one attached hydrogen (secondary N) is 1. The minimum Gasteiger partial charge on any atom is -0.478 e. The van der Waals surface area contributed by atoms with Gasteiger partial charge in [-0.05, 0) is 35.9 Å². The number of aliphatic hydroxyl groups is 1. The van der Waals surface area contributed by atoms with Gasteiger partial charge in [-0.25, -0.2) is 4.79 Å². The maximum atomic E-state index is 12.0. The van der Waals surface area contributed by atoms with Crippen molar-refractivity contribution < 1.29 is 19.8 Å². The average molecular weight is 306 g/mol. The number of rotatable bonds is 4. The van der Waals surface area contributed by atoms with Gasteiger partial charge >= 0.3 is 5.97 Å². The Hall–Kier alpha value is -2.37. The molecule has 0 saturated carbocycles. The van der Waals surface area contributed by atoms with Crippen LogP contribution in [0.5, 0.6) is 0 Å². The molecule has 0 aliphatic carbocycles. The summed E-state index contributed by atoms with van der Waals surface area (Å²) in [5.74, 6) is -1.54. The van der Waals surface area contributed by atoms with Crippen molar-refractivity contribution in [3.05, 3.63) is 64.2 Å². The Morgan fingerprint density at radius 3 is 2.33 bits per heavy atom. The summed E-state index contributed by atoms with van der Waals surface area (Å²) in [5, 5.41) is 20.6. The van der Waals surface area contributed by atoms with E-state index in [-0.39, 0.29) is 23.1 Å². The highest BCUT2D eigenvalue weighted by Crippen LogP contribution is 2.21.